The Hall–Kier alpha value is -3.59. The van der Waals surface area contributed by atoms with Crippen molar-refractivity contribution >= 4 is 23.3 Å². The maximum absolute atomic E-state index is 12.3. The van der Waals surface area contributed by atoms with Gasteiger partial charge in [0, 0.05) is 17.6 Å². The lowest BCUT2D eigenvalue weighted by atomic mass is 10.1. The predicted molar refractivity (Wildman–Crippen MR) is 109 cm³/mol. The molecule has 0 heterocycles. The highest BCUT2D eigenvalue weighted by atomic mass is 16.5. The third-order valence-electron chi connectivity index (χ3n) is 4.06. The molecular weight excluding hydrogens is 354 g/mol. The van der Waals surface area contributed by atoms with Crippen molar-refractivity contribution in [1.29, 1.82) is 5.26 Å². The fourth-order valence-electron chi connectivity index (χ4n) is 2.49. The molecule has 28 heavy (non-hydrogen) atoms. The van der Waals surface area contributed by atoms with E-state index in [0.717, 1.165) is 19.3 Å². The zero-order valence-electron chi connectivity index (χ0n) is 16.0. The van der Waals surface area contributed by atoms with E-state index in [9.17, 15) is 14.9 Å². The molecular formula is C22H23N3O3. The summed E-state index contributed by atoms with van der Waals surface area (Å²) in [6.07, 6.45) is 4.56. The van der Waals surface area contributed by atoms with Crippen LogP contribution in [0.25, 0.3) is 0 Å². The first-order valence-electron chi connectivity index (χ1n) is 9.02. The number of aryl methyl sites for hydroxylation is 1. The number of nitrogens with one attached hydrogen (secondary N) is 2. The summed E-state index contributed by atoms with van der Waals surface area (Å²) in [6.45, 7) is 2.14. The molecule has 0 spiro atoms. The summed E-state index contributed by atoms with van der Waals surface area (Å²) in [4.78, 5) is 23.9. The van der Waals surface area contributed by atoms with Crippen LogP contribution in [0.15, 0.2) is 60.3 Å². The number of carbonyl (C=O) groups is 2. The summed E-state index contributed by atoms with van der Waals surface area (Å²) in [6, 6.07) is 16.0. The Morgan fingerprint density at radius 3 is 2.54 bits per heavy atom. The highest BCUT2D eigenvalue weighted by molar-refractivity contribution is 6.06. The van der Waals surface area contributed by atoms with Crippen LogP contribution in [-0.4, -0.2) is 19.0 Å². The van der Waals surface area contributed by atoms with E-state index < -0.39 is 11.9 Å². The molecule has 0 saturated carbocycles. The van der Waals surface area contributed by atoms with Gasteiger partial charge in [0.15, 0.2) is 0 Å². The van der Waals surface area contributed by atoms with E-state index >= 15 is 0 Å². The van der Waals surface area contributed by atoms with Crippen LogP contribution in [-0.2, 0) is 16.0 Å². The lowest BCUT2D eigenvalue weighted by Gasteiger charge is -2.07. The molecule has 144 valence electrons. The quantitative estimate of drug-likeness (QED) is 0.407. The Kier molecular flexibility index (Phi) is 7.79. The third-order valence-corrected chi connectivity index (χ3v) is 4.06. The molecule has 0 aliphatic heterocycles. The number of nitriles is 1. The van der Waals surface area contributed by atoms with Crippen molar-refractivity contribution in [3.05, 3.63) is 71.4 Å². The van der Waals surface area contributed by atoms with E-state index in [2.05, 4.69) is 22.3 Å². The van der Waals surface area contributed by atoms with Crippen molar-refractivity contribution in [3.8, 4) is 6.07 Å². The molecule has 2 aromatic carbocycles. The molecule has 0 aliphatic carbocycles. The lowest BCUT2D eigenvalue weighted by molar-refractivity contribution is -0.112. The third kappa shape index (κ3) is 5.99. The van der Waals surface area contributed by atoms with Gasteiger partial charge in [-0.15, -0.1) is 0 Å². The van der Waals surface area contributed by atoms with Crippen molar-refractivity contribution in [2.45, 2.75) is 26.2 Å². The van der Waals surface area contributed by atoms with Gasteiger partial charge in [-0.2, -0.15) is 5.26 Å². The molecule has 0 aliphatic rings. The Labute approximate surface area is 164 Å². The number of methoxy groups -OCH3 is 1. The standard InChI is InChI=1S/C22H23N3O3/c1-3-4-6-16-9-11-19(12-10-16)25-21(26)18(14-23)15-24-20-8-5-7-17(13-20)22(27)28-2/h5,7-13,15,24H,3-4,6H2,1-2H3,(H,25,26)/b18-15-. The SMILES string of the molecule is CCCCc1ccc(NC(=O)/C(C#N)=C\Nc2cccc(C(=O)OC)c2)cc1. The number of hydrogen-bond donors (Lipinski definition) is 2. The predicted octanol–water partition coefficient (Wildman–Crippen LogP) is 4.27. The second kappa shape index (κ2) is 10.5. The number of hydrogen-bond acceptors (Lipinski definition) is 5. The summed E-state index contributed by atoms with van der Waals surface area (Å²) in [5, 5.41) is 14.8. The van der Waals surface area contributed by atoms with Gasteiger partial charge in [-0.3, -0.25) is 4.79 Å². The van der Waals surface area contributed by atoms with Gasteiger partial charge in [0.05, 0.1) is 12.7 Å². The van der Waals surface area contributed by atoms with Gasteiger partial charge in [0.25, 0.3) is 5.91 Å². The highest BCUT2D eigenvalue weighted by Gasteiger charge is 2.10. The molecule has 0 aromatic heterocycles. The molecule has 2 N–H and O–H groups in total. The van der Waals surface area contributed by atoms with Crippen LogP contribution in [0.2, 0.25) is 0 Å². The summed E-state index contributed by atoms with van der Waals surface area (Å²) < 4.78 is 4.67. The Balaban J connectivity index is 2.03. The van der Waals surface area contributed by atoms with Crippen molar-refractivity contribution in [2.24, 2.45) is 0 Å². The van der Waals surface area contributed by atoms with Gasteiger partial charge in [-0.25, -0.2) is 4.79 Å². The van der Waals surface area contributed by atoms with E-state index in [1.807, 2.05) is 30.3 Å². The van der Waals surface area contributed by atoms with E-state index in [-0.39, 0.29) is 5.57 Å². The number of amides is 1. The van der Waals surface area contributed by atoms with E-state index in [0.29, 0.717) is 16.9 Å². The van der Waals surface area contributed by atoms with Crippen LogP contribution in [0.4, 0.5) is 11.4 Å². The topological polar surface area (TPSA) is 91.2 Å². The Morgan fingerprint density at radius 1 is 1.14 bits per heavy atom. The molecule has 6 nitrogen and oxygen atoms in total. The van der Waals surface area contributed by atoms with Gasteiger partial charge >= 0.3 is 5.97 Å². The van der Waals surface area contributed by atoms with Crippen molar-refractivity contribution in [1.82, 2.24) is 0 Å². The van der Waals surface area contributed by atoms with E-state index in [1.165, 1.54) is 18.9 Å². The number of ether oxygens (including phenoxy) is 1. The second-order valence-electron chi connectivity index (χ2n) is 6.14. The van der Waals surface area contributed by atoms with E-state index in [1.54, 1.807) is 24.3 Å². The summed E-state index contributed by atoms with van der Waals surface area (Å²) in [5.74, 6) is -0.978. The normalized spacial score (nSPS) is 10.7. The lowest BCUT2D eigenvalue weighted by Crippen LogP contribution is -2.14. The van der Waals surface area contributed by atoms with Crippen LogP contribution in [0.1, 0.15) is 35.7 Å². The number of carbonyl (C=O) groups excluding carboxylic acids is 2. The van der Waals surface area contributed by atoms with Crippen LogP contribution in [0.5, 0.6) is 0 Å². The first kappa shape index (κ1) is 20.7. The molecule has 0 unspecified atom stereocenters. The van der Waals surface area contributed by atoms with Crippen LogP contribution >= 0.6 is 0 Å². The molecule has 2 aromatic rings. The maximum Gasteiger partial charge on any atom is 0.337 e. The first-order valence-corrected chi connectivity index (χ1v) is 9.02. The minimum Gasteiger partial charge on any atom is -0.465 e. The summed E-state index contributed by atoms with van der Waals surface area (Å²) in [7, 11) is 1.30. The average Bonchev–Trinajstić information content (AvgIpc) is 2.73. The van der Waals surface area contributed by atoms with Gasteiger partial charge < -0.3 is 15.4 Å². The molecule has 0 fully saturated rings. The smallest absolute Gasteiger partial charge is 0.337 e. The van der Waals surface area contributed by atoms with Gasteiger partial charge in [-0.05, 0) is 48.7 Å². The molecule has 0 radical (unpaired) electrons. The number of nitrogens with zero attached hydrogens (tertiary/aromatic N) is 1. The minimum atomic E-state index is -0.513. The first-order chi connectivity index (χ1) is 13.6. The summed E-state index contributed by atoms with van der Waals surface area (Å²) in [5.41, 5.74) is 2.68. The van der Waals surface area contributed by atoms with Crippen molar-refractivity contribution in [3.63, 3.8) is 0 Å². The Bertz CT molecular complexity index is 896. The molecule has 0 atom stereocenters. The maximum atomic E-state index is 12.3. The van der Waals surface area contributed by atoms with Crippen LogP contribution in [0, 0.1) is 11.3 Å². The van der Waals surface area contributed by atoms with Gasteiger partial charge in [-0.1, -0.05) is 31.5 Å². The minimum absolute atomic E-state index is 0.0847. The number of anilines is 2. The highest BCUT2D eigenvalue weighted by Crippen LogP contribution is 2.14. The number of esters is 1. The zero-order chi connectivity index (χ0) is 20.4. The number of unbranched alkanes of at least 4 members (excludes halogenated alkanes) is 1. The Morgan fingerprint density at radius 2 is 1.89 bits per heavy atom. The fraction of sp³-hybridized carbons (Fsp3) is 0.227. The van der Waals surface area contributed by atoms with E-state index in [4.69, 9.17) is 0 Å². The van der Waals surface area contributed by atoms with Crippen LogP contribution < -0.4 is 10.6 Å². The molecule has 2 rings (SSSR count). The largest absolute Gasteiger partial charge is 0.465 e. The van der Waals surface area contributed by atoms with Crippen molar-refractivity contribution < 1.29 is 14.3 Å². The molecule has 6 heteroatoms. The van der Waals surface area contributed by atoms with Crippen LogP contribution in [0.3, 0.4) is 0 Å². The number of rotatable bonds is 8. The van der Waals surface area contributed by atoms with Gasteiger partial charge in [0.1, 0.15) is 11.6 Å². The summed E-state index contributed by atoms with van der Waals surface area (Å²) >= 11 is 0. The van der Waals surface area contributed by atoms with Gasteiger partial charge in [0.2, 0.25) is 0 Å². The fourth-order valence-corrected chi connectivity index (χ4v) is 2.49. The average molecular weight is 377 g/mol. The molecule has 0 bridgehead atoms. The zero-order valence-corrected chi connectivity index (χ0v) is 16.0. The second-order valence-corrected chi connectivity index (χ2v) is 6.14. The molecule has 0 saturated heterocycles. The molecule has 1 amide bonds. The monoisotopic (exact) mass is 377 g/mol. The number of benzene rings is 2. The van der Waals surface area contributed by atoms with Crippen molar-refractivity contribution in [2.75, 3.05) is 17.7 Å².